The first-order chi connectivity index (χ1) is 10.3. The Kier molecular flexibility index (Phi) is 5.41. The van der Waals surface area contributed by atoms with Crippen LogP contribution < -0.4 is 9.47 Å². The standard InChI is InChI=1S/C17H16O4/c1-19-17(18)14(12-20-15-8-4-2-5-9-15)13-21-16-10-6-3-7-11-16/h2-12H,13H2,1H3. The van der Waals surface area contributed by atoms with Crippen molar-refractivity contribution in [1.29, 1.82) is 0 Å². The number of ether oxygens (including phenoxy) is 3. The highest BCUT2D eigenvalue weighted by Crippen LogP contribution is 2.13. The van der Waals surface area contributed by atoms with Gasteiger partial charge in [0.2, 0.25) is 0 Å². The summed E-state index contributed by atoms with van der Waals surface area (Å²) >= 11 is 0. The van der Waals surface area contributed by atoms with E-state index in [0.717, 1.165) is 0 Å². The summed E-state index contributed by atoms with van der Waals surface area (Å²) in [4.78, 5) is 11.7. The van der Waals surface area contributed by atoms with Crippen molar-refractivity contribution in [2.75, 3.05) is 13.7 Å². The largest absolute Gasteiger partial charge is 0.489 e. The summed E-state index contributed by atoms with van der Waals surface area (Å²) in [6, 6.07) is 18.4. The molecule has 0 saturated heterocycles. The fourth-order valence-corrected chi connectivity index (χ4v) is 1.59. The Morgan fingerprint density at radius 1 is 0.952 bits per heavy atom. The zero-order valence-corrected chi connectivity index (χ0v) is 11.7. The van der Waals surface area contributed by atoms with Crippen LogP contribution in [0.3, 0.4) is 0 Å². The predicted octanol–water partition coefficient (Wildman–Crippen LogP) is 3.20. The van der Waals surface area contributed by atoms with Crippen LogP contribution in [0.2, 0.25) is 0 Å². The molecule has 0 atom stereocenters. The average Bonchev–Trinajstić information content (AvgIpc) is 2.56. The third kappa shape index (κ3) is 4.69. The Bertz CT molecular complexity index is 591. The van der Waals surface area contributed by atoms with Gasteiger partial charge in [-0.15, -0.1) is 0 Å². The Labute approximate surface area is 123 Å². The number of benzene rings is 2. The molecule has 2 aromatic carbocycles. The molecule has 0 radical (unpaired) electrons. The number of methoxy groups -OCH3 is 1. The SMILES string of the molecule is COC(=O)C(=COc1ccccc1)COc1ccccc1. The van der Waals surface area contributed by atoms with Gasteiger partial charge in [-0.25, -0.2) is 4.79 Å². The highest BCUT2D eigenvalue weighted by molar-refractivity contribution is 5.88. The van der Waals surface area contributed by atoms with Gasteiger partial charge < -0.3 is 14.2 Å². The van der Waals surface area contributed by atoms with Gasteiger partial charge in [0.05, 0.1) is 7.11 Å². The number of esters is 1. The van der Waals surface area contributed by atoms with Gasteiger partial charge >= 0.3 is 5.97 Å². The second kappa shape index (κ2) is 7.75. The third-order valence-electron chi connectivity index (χ3n) is 2.67. The van der Waals surface area contributed by atoms with Crippen LogP contribution in [0.1, 0.15) is 0 Å². The van der Waals surface area contributed by atoms with Crippen LogP contribution in [0, 0.1) is 0 Å². The van der Waals surface area contributed by atoms with Gasteiger partial charge in [-0.2, -0.15) is 0 Å². The molecule has 0 aliphatic rings. The Morgan fingerprint density at radius 2 is 1.52 bits per heavy atom. The van der Waals surface area contributed by atoms with E-state index < -0.39 is 5.97 Å². The van der Waals surface area contributed by atoms with Crippen LogP contribution in [0.4, 0.5) is 0 Å². The second-order valence-electron chi connectivity index (χ2n) is 4.17. The van der Waals surface area contributed by atoms with Gasteiger partial charge in [0.25, 0.3) is 0 Å². The van der Waals surface area contributed by atoms with Crippen molar-refractivity contribution in [2.45, 2.75) is 0 Å². The first kappa shape index (κ1) is 14.7. The number of rotatable bonds is 6. The van der Waals surface area contributed by atoms with Gasteiger partial charge in [0.1, 0.15) is 29.9 Å². The summed E-state index contributed by atoms with van der Waals surface area (Å²) in [6.07, 6.45) is 1.35. The quantitative estimate of drug-likeness (QED) is 0.464. The fraction of sp³-hybridized carbons (Fsp3) is 0.118. The first-order valence-corrected chi connectivity index (χ1v) is 6.46. The molecule has 0 bridgehead atoms. The molecule has 21 heavy (non-hydrogen) atoms. The average molecular weight is 284 g/mol. The monoisotopic (exact) mass is 284 g/mol. The molecule has 0 amide bonds. The summed E-state index contributed by atoms with van der Waals surface area (Å²) in [5, 5.41) is 0. The number of hydrogen-bond donors (Lipinski definition) is 0. The Hall–Kier alpha value is -2.75. The molecule has 2 rings (SSSR count). The van der Waals surface area contributed by atoms with Crippen molar-refractivity contribution in [3.8, 4) is 11.5 Å². The minimum Gasteiger partial charge on any atom is -0.489 e. The van der Waals surface area contributed by atoms with Crippen LogP contribution in [0.5, 0.6) is 11.5 Å². The van der Waals surface area contributed by atoms with Gasteiger partial charge in [0, 0.05) is 0 Å². The lowest BCUT2D eigenvalue weighted by molar-refractivity contribution is -0.136. The molecular weight excluding hydrogens is 268 g/mol. The van der Waals surface area contributed by atoms with E-state index in [4.69, 9.17) is 14.2 Å². The van der Waals surface area contributed by atoms with Crippen LogP contribution in [-0.4, -0.2) is 19.7 Å². The predicted molar refractivity (Wildman–Crippen MR) is 79.1 cm³/mol. The molecule has 0 unspecified atom stereocenters. The molecule has 0 fully saturated rings. The summed E-state index contributed by atoms with van der Waals surface area (Å²) < 4.78 is 15.7. The van der Waals surface area contributed by atoms with Gasteiger partial charge in [-0.05, 0) is 24.3 Å². The zero-order valence-electron chi connectivity index (χ0n) is 11.7. The van der Waals surface area contributed by atoms with Gasteiger partial charge in [-0.1, -0.05) is 36.4 Å². The van der Waals surface area contributed by atoms with Gasteiger partial charge in [0.15, 0.2) is 0 Å². The lowest BCUT2D eigenvalue weighted by Crippen LogP contribution is -2.13. The van der Waals surface area contributed by atoms with Crippen LogP contribution >= 0.6 is 0 Å². The molecule has 0 N–H and O–H groups in total. The zero-order chi connectivity index (χ0) is 14.9. The summed E-state index contributed by atoms with van der Waals surface area (Å²) in [5.74, 6) is 0.826. The summed E-state index contributed by atoms with van der Waals surface area (Å²) in [6.45, 7) is 0.0729. The Morgan fingerprint density at radius 3 is 2.10 bits per heavy atom. The molecule has 0 heterocycles. The second-order valence-corrected chi connectivity index (χ2v) is 4.17. The van der Waals surface area contributed by atoms with E-state index in [0.29, 0.717) is 17.1 Å². The lowest BCUT2D eigenvalue weighted by atomic mass is 10.3. The van der Waals surface area contributed by atoms with Crippen molar-refractivity contribution >= 4 is 5.97 Å². The Balaban J connectivity index is 2.02. The van der Waals surface area contributed by atoms with Crippen molar-refractivity contribution in [3.63, 3.8) is 0 Å². The molecular formula is C17H16O4. The maximum absolute atomic E-state index is 11.7. The van der Waals surface area contributed by atoms with E-state index in [1.165, 1.54) is 13.4 Å². The topological polar surface area (TPSA) is 44.8 Å². The number of para-hydroxylation sites is 2. The highest BCUT2D eigenvalue weighted by atomic mass is 16.5. The van der Waals surface area contributed by atoms with E-state index in [-0.39, 0.29) is 6.61 Å². The minimum atomic E-state index is -0.484. The third-order valence-corrected chi connectivity index (χ3v) is 2.67. The van der Waals surface area contributed by atoms with E-state index in [1.807, 2.05) is 48.5 Å². The van der Waals surface area contributed by atoms with E-state index in [1.54, 1.807) is 12.1 Å². The molecule has 0 spiro atoms. The molecule has 4 heteroatoms. The summed E-state index contributed by atoms with van der Waals surface area (Å²) in [7, 11) is 1.32. The maximum atomic E-state index is 11.7. The van der Waals surface area contributed by atoms with Crippen LogP contribution in [0.15, 0.2) is 72.5 Å². The van der Waals surface area contributed by atoms with Crippen molar-refractivity contribution in [2.24, 2.45) is 0 Å². The first-order valence-electron chi connectivity index (χ1n) is 6.46. The fourth-order valence-electron chi connectivity index (χ4n) is 1.59. The molecule has 108 valence electrons. The van der Waals surface area contributed by atoms with E-state index in [2.05, 4.69) is 0 Å². The van der Waals surface area contributed by atoms with E-state index >= 15 is 0 Å². The number of carbonyl (C=O) groups is 1. The van der Waals surface area contributed by atoms with Gasteiger partial charge in [-0.3, -0.25) is 0 Å². The lowest BCUT2D eigenvalue weighted by Gasteiger charge is -2.08. The normalized spacial score (nSPS) is 10.8. The summed E-state index contributed by atoms with van der Waals surface area (Å²) in [5.41, 5.74) is 0.296. The minimum absolute atomic E-state index is 0.0729. The number of carbonyl (C=O) groups excluding carboxylic acids is 1. The van der Waals surface area contributed by atoms with Crippen molar-refractivity contribution in [1.82, 2.24) is 0 Å². The van der Waals surface area contributed by atoms with Crippen molar-refractivity contribution < 1.29 is 19.0 Å². The smallest absolute Gasteiger partial charge is 0.340 e. The van der Waals surface area contributed by atoms with Crippen LogP contribution in [0.25, 0.3) is 0 Å². The van der Waals surface area contributed by atoms with Crippen LogP contribution in [-0.2, 0) is 9.53 Å². The van der Waals surface area contributed by atoms with E-state index in [9.17, 15) is 4.79 Å². The highest BCUT2D eigenvalue weighted by Gasteiger charge is 2.11. The van der Waals surface area contributed by atoms with Crippen molar-refractivity contribution in [3.05, 3.63) is 72.5 Å². The number of hydrogen-bond acceptors (Lipinski definition) is 4. The molecule has 0 saturated carbocycles. The molecule has 2 aromatic rings. The molecule has 0 aliphatic carbocycles. The molecule has 0 aliphatic heterocycles. The molecule has 4 nitrogen and oxygen atoms in total. The maximum Gasteiger partial charge on any atom is 0.340 e. The molecule has 0 aromatic heterocycles.